The third kappa shape index (κ3) is 7.27. The summed E-state index contributed by atoms with van der Waals surface area (Å²) in [5.74, 6) is -0.793. The number of hydrogen-bond acceptors (Lipinski definition) is 5. The van der Waals surface area contributed by atoms with Gasteiger partial charge in [-0.15, -0.1) is 13.2 Å². The number of likely N-dealkylation sites (tertiary alicyclic amines) is 2. The number of nitriles is 1. The predicted molar refractivity (Wildman–Crippen MR) is 113 cm³/mol. The Balaban J connectivity index is 1.69. The second-order valence-corrected chi connectivity index (χ2v) is 7.77. The molecule has 9 nitrogen and oxygen atoms in total. The van der Waals surface area contributed by atoms with Gasteiger partial charge in [-0.25, -0.2) is 4.99 Å². The molecule has 0 saturated carbocycles. The molecule has 0 radical (unpaired) electrons. The minimum atomic E-state index is -4.80. The molecule has 12 heteroatoms. The highest BCUT2D eigenvalue weighted by Gasteiger charge is 2.31. The molecule has 3 rings (SSSR count). The van der Waals surface area contributed by atoms with Crippen molar-refractivity contribution < 1.29 is 27.5 Å². The van der Waals surface area contributed by atoms with Gasteiger partial charge < -0.3 is 19.9 Å². The van der Waals surface area contributed by atoms with Gasteiger partial charge in [-0.3, -0.25) is 14.9 Å². The Morgan fingerprint density at radius 3 is 2.45 bits per heavy atom. The minimum Gasteiger partial charge on any atom is -0.406 e. The van der Waals surface area contributed by atoms with Crippen molar-refractivity contribution in [1.82, 2.24) is 15.1 Å². The fourth-order valence-corrected chi connectivity index (χ4v) is 3.77. The van der Waals surface area contributed by atoms with E-state index in [9.17, 15) is 22.8 Å². The van der Waals surface area contributed by atoms with Crippen LogP contribution in [-0.4, -0.2) is 66.2 Å². The number of guanidine groups is 1. The van der Waals surface area contributed by atoms with Gasteiger partial charge in [0, 0.05) is 25.3 Å². The maximum Gasteiger partial charge on any atom is 0.573 e. The molecule has 178 valence electrons. The summed E-state index contributed by atoms with van der Waals surface area (Å²) in [5, 5.41) is 14.2. The molecular weight excluding hydrogens is 441 g/mol. The number of ether oxygens (including phenoxy) is 1. The van der Waals surface area contributed by atoms with Gasteiger partial charge >= 0.3 is 6.36 Å². The van der Waals surface area contributed by atoms with Crippen LogP contribution >= 0.6 is 0 Å². The lowest BCUT2D eigenvalue weighted by atomic mass is 10.1. The summed E-state index contributed by atoms with van der Waals surface area (Å²) in [6.07, 6.45) is 0.759. The predicted octanol–water partition coefficient (Wildman–Crippen LogP) is 2.43. The van der Waals surface area contributed by atoms with Crippen LogP contribution in [0.1, 0.15) is 32.1 Å². The van der Waals surface area contributed by atoms with Gasteiger partial charge in [-0.1, -0.05) is 0 Å². The molecule has 1 unspecified atom stereocenters. The van der Waals surface area contributed by atoms with Crippen LogP contribution in [0.2, 0.25) is 0 Å². The molecule has 0 aliphatic carbocycles. The Morgan fingerprint density at radius 1 is 1.15 bits per heavy atom. The molecule has 2 aliphatic rings. The van der Waals surface area contributed by atoms with Crippen LogP contribution in [0.4, 0.5) is 18.9 Å². The molecule has 2 N–H and O–H groups in total. The largest absolute Gasteiger partial charge is 0.573 e. The van der Waals surface area contributed by atoms with Crippen LogP contribution < -0.4 is 15.4 Å². The van der Waals surface area contributed by atoms with Crippen molar-refractivity contribution in [2.75, 3.05) is 31.5 Å². The molecule has 1 aromatic rings. The zero-order valence-corrected chi connectivity index (χ0v) is 17.9. The second-order valence-electron chi connectivity index (χ2n) is 7.77. The number of hydrogen-bond donors (Lipinski definition) is 2. The zero-order chi connectivity index (χ0) is 23.8. The first kappa shape index (κ1) is 24.2. The van der Waals surface area contributed by atoms with E-state index in [-0.39, 0.29) is 24.3 Å². The number of anilines is 1. The number of carbonyl (C=O) groups excluding carboxylic acids is 2. The number of carbonyl (C=O) groups is 2. The molecule has 1 aromatic carbocycles. The third-order valence-corrected chi connectivity index (χ3v) is 5.35. The number of alkyl halides is 3. The van der Waals surface area contributed by atoms with E-state index in [1.807, 2.05) is 0 Å². The molecule has 0 spiro atoms. The van der Waals surface area contributed by atoms with Crippen molar-refractivity contribution >= 4 is 23.5 Å². The highest BCUT2D eigenvalue weighted by atomic mass is 19.4. The van der Waals surface area contributed by atoms with Crippen molar-refractivity contribution in [2.45, 2.75) is 44.5 Å². The van der Waals surface area contributed by atoms with Crippen molar-refractivity contribution in [1.29, 1.82) is 5.26 Å². The van der Waals surface area contributed by atoms with E-state index in [2.05, 4.69) is 20.4 Å². The lowest BCUT2D eigenvalue weighted by molar-refractivity contribution is -0.274. The molecule has 33 heavy (non-hydrogen) atoms. The second kappa shape index (κ2) is 10.9. The van der Waals surface area contributed by atoms with Crippen molar-refractivity contribution in [3.63, 3.8) is 0 Å². The lowest BCUT2D eigenvalue weighted by Gasteiger charge is -2.25. The Hall–Kier alpha value is -3.49. The number of benzene rings is 1. The van der Waals surface area contributed by atoms with Crippen LogP contribution in [0.25, 0.3) is 0 Å². The fourth-order valence-electron chi connectivity index (χ4n) is 3.77. The monoisotopic (exact) mass is 466 g/mol. The smallest absolute Gasteiger partial charge is 0.406 e. The van der Waals surface area contributed by atoms with E-state index in [4.69, 9.17) is 5.26 Å². The molecule has 2 amide bonds. The van der Waals surface area contributed by atoms with Crippen LogP contribution in [0.3, 0.4) is 0 Å². The summed E-state index contributed by atoms with van der Waals surface area (Å²) in [6.45, 7) is 1.87. The summed E-state index contributed by atoms with van der Waals surface area (Å²) >= 11 is 0. The average molecular weight is 466 g/mol. The Kier molecular flexibility index (Phi) is 7.97. The summed E-state index contributed by atoms with van der Waals surface area (Å²) in [7, 11) is 0. The van der Waals surface area contributed by atoms with Gasteiger partial charge in [0.25, 0.3) is 0 Å². The normalized spacial score (nSPS) is 19.6. The molecule has 2 fully saturated rings. The van der Waals surface area contributed by atoms with Crippen LogP contribution in [0, 0.1) is 11.5 Å². The maximum absolute atomic E-state index is 13.1. The van der Waals surface area contributed by atoms with Gasteiger partial charge in [-0.2, -0.15) is 5.26 Å². The van der Waals surface area contributed by atoms with Crippen molar-refractivity contribution in [2.24, 2.45) is 4.99 Å². The zero-order valence-electron chi connectivity index (χ0n) is 17.9. The number of halogens is 3. The van der Waals surface area contributed by atoms with Crippen LogP contribution in [0.15, 0.2) is 29.3 Å². The topological polar surface area (TPSA) is 110 Å². The highest BCUT2D eigenvalue weighted by Crippen LogP contribution is 2.24. The van der Waals surface area contributed by atoms with E-state index in [0.29, 0.717) is 31.7 Å². The molecule has 0 bridgehead atoms. The maximum atomic E-state index is 13.1. The van der Waals surface area contributed by atoms with E-state index in [0.717, 1.165) is 37.8 Å². The van der Waals surface area contributed by atoms with Crippen molar-refractivity contribution in [3.05, 3.63) is 24.3 Å². The number of aliphatic imine (C=N–C) groups is 1. The molecule has 1 atom stereocenters. The first-order valence-electron chi connectivity index (χ1n) is 10.7. The lowest BCUT2D eigenvalue weighted by Crippen LogP contribution is -2.45. The summed E-state index contributed by atoms with van der Waals surface area (Å²) < 4.78 is 40.8. The van der Waals surface area contributed by atoms with E-state index in [1.54, 1.807) is 11.1 Å². The standard InChI is InChI=1S/C21H25F3N6O3/c22-21(23,24)33-16-8-6-15(7-9-16)27-20(26-14-25)28-17-5-1-2-12-30(19(17)32)13-18(31)29-10-3-4-11-29/h6-9,17H,1-5,10-13H2,(H2,26,27,28). The van der Waals surface area contributed by atoms with Crippen LogP contribution in [-0.2, 0) is 9.59 Å². The first-order chi connectivity index (χ1) is 15.7. The van der Waals surface area contributed by atoms with Gasteiger partial charge in [0.15, 0.2) is 6.19 Å². The minimum absolute atomic E-state index is 0.0000383. The SMILES string of the molecule is N#CNC(=NC1CCCCN(CC(=O)N2CCCC2)C1=O)Nc1ccc(OC(F)(F)F)cc1. The van der Waals surface area contributed by atoms with Gasteiger partial charge in [0.05, 0.1) is 6.54 Å². The molecular formula is C21H25F3N6O3. The van der Waals surface area contributed by atoms with Crippen LogP contribution in [0.5, 0.6) is 5.75 Å². The Labute approximate surface area is 189 Å². The molecule has 2 heterocycles. The number of amides is 2. The number of nitrogens with one attached hydrogen (secondary N) is 2. The fraction of sp³-hybridized carbons (Fsp3) is 0.524. The average Bonchev–Trinajstić information content (AvgIpc) is 3.24. The van der Waals surface area contributed by atoms with Gasteiger partial charge in [-0.05, 0) is 56.4 Å². The van der Waals surface area contributed by atoms with E-state index in [1.165, 1.54) is 17.0 Å². The number of rotatable bonds is 5. The molecule has 2 aliphatic heterocycles. The Morgan fingerprint density at radius 2 is 1.82 bits per heavy atom. The Bertz CT molecular complexity index is 907. The summed E-state index contributed by atoms with van der Waals surface area (Å²) in [4.78, 5) is 33.2. The molecule has 2 saturated heterocycles. The third-order valence-electron chi connectivity index (χ3n) is 5.35. The summed E-state index contributed by atoms with van der Waals surface area (Å²) in [5.41, 5.74) is 0.341. The van der Waals surface area contributed by atoms with Crippen molar-refractivity contribution in [3.8, 4) is 11.9 Å². The first-order valence-corrected chi connectivity index (χ1v) is 10.7. The van der Waals surface area contributed by atoms with Gasteiger partial charge in [0.2, 0.25) is 17.8 Å². The quantitative estimate of drug-likeness (QED) is 0.299. The summed E-state index contributed by atoms with van der Waals surface area (Å²) in [6, 6.07) is 4.08. The van der Waals surface area contributed by atoms with E-state index >= 15 is 0 Å². The van der Waals surface area contributed by atoms with Gasteiger partial charge in [0.1, 0.15) is 11.8 Å². The number of nitrogens with zero attached hydrogens (tertiary/aromatic N) is 4. The van der Waals surface area contributed by atoms with E-state index < -0.39 is 18.2 Å². The molecule has 0 aromatic heterocycles. The highest BCUT2D eigenvalue weighted by molar-refractivity contribution is 5.97.